The maximum Gasteiger partial charge on any atom is 0.252 e. The first kappa shape index (κ1) is 23.1. The lowest BCUT2D eigenvalue weighted by atomic mass is 10.1. The first-order valence-electron chi connectivity index (χ1n) is 11.1. The molecule has 1 saturated heterocycles. The molecule has 2 amide bonds. The Balaban J connectivity index is 1.46. The fourth-order valence-electron chi connectivity index (χ4n) is 3.75. The smallest absolute Gasteiger partial charge is 0.252 e. The van der Waals surface area contributed by atoms with Crippen LogP contribution >= 0.6 is 0 Å². The second kappa shape index (κ2) is 10.7. The summed E-state index contributed by atoms with van der Waals surface area (Å²) in [4.78, 5) is 29.9. The molecular weight excluding hydrogens is 432 g/mol. The largest absolute Gasteiger partial charge is 0.380 e. The highest BCUT2D eigenvalue weighted by Gasteiger charge is 2.13. The van der Waals surface area contributed by atoms with Crippen molar-refractivity contribution in [3.05, 3.63) is 71.9 Å². The zero-order chi connectivity index (χ0) is 23.9. The number of primary amides is 1. The fraction of sp³-hybridized carbons (Fsp3) is 0.240. The van der Waals surface area contributed by atoms with E-state index < -0.39 is 5.91 Å². The van der Waals surface area contributed by atoms with Gasteiger partial charge in [0.05, 0.1) is 24.5 Å². The summed E-state index contributed by atoms with van der Waals surface area (Å²) < 4.78 is 5.41. The van der Waals surface area contributed by atoms with E-state index >= 15 is 0 Å². The number of morpholine rings is 1. The van der Waals surface area contributed by atoms with Crippen LogP contribution in [0.4, 0.5) is 28.6 Å². The van der Waals surface area contributed by atoms with Gasteiger partial charge in [0, 0.05) is 55.9 Å². The summed E-state index contributed by atoms with van der Waals surface area (Å²) in [5.74, 6) is -0.119. The van der Waals surface area contributed by atoms with E-state index in [9.17, 15) is 9.59 Å². The minimum Gasteiger partial charge on any atom is -0.380 e. The van der Waals surface area contributed by atoms with E-state index in [-0.39, 0.29) is 5.91 Å². The molecule has 0 aliphatic carbocycles. The minimum absolute atomic E-state index is 0.135. The number of carbonyl (C=O) groups excluding carboxylic acids is 2. The number of nitrogens with two attached hydrogens (primary N) is 1. The molecule has 1 aromatic heterocycles. The summed E-state index contributed by atoms with van der Waals surface area (Å²) in [7, 11) is 0. The van der Waals surface area contributed by atoms with Gasteiger partial charge in [-0.25, -0.2) is 4.98 Å². The van der Waals surface area contributed by atoms with E-state index in [1.54, 1.807) is 6.07 Å². The lowest BCUT2D eigenvalue weighted by Gasteiger charge is -2.28. The van der Waals surface area contributed by atoms with Gasteiger partial charge >= 0.3 is 0 Å². The Morgan fingerprint density at radius 3 is 2.53 bits per heavy atom. The van der Waals surface area contributed by atoms with E-state index in [0.29, 0.717) is 29.3 Å². The predicted molar refractivity (Wildman–Crippen MR) is 134 cm³/mol. The van der Waals surface area contributed by atoms with Crippen LogP contribution in [0, 0.1) is 0 Å². The second-order valence-electron chi connectivity index (χ2n) is 7.99. The van der Waals surface area contributed by atoms with Crippen molar-refractivity contribution in [1.29, 1.82) is 0 Å². The Morgan fingerprint density at radius 1 is 1.06 bits per heavy atom. The number of hydrogen-bond acceptors (Lipinski definition) is 7. The normalized spacial score (nSPS) is 13.3. The summed E-state index contributed by atoms with van der Waals surface area (Å²) in [5, 5.41) is 9.30. The number of benzene rings is 2. The molecule has 2 heterocycles. The summed E-state index contributed by atoms with van der Waals surface area (Å²) in [5.41, 5.74) is 10.1. The molecule has 0 bridgehead atoms. The average molecular weight is 461 g/mol. The molecule has 0 radical (unpaired) electrons. The number of nitrogens with one attached hydrogen (secondary N) is 3. The molecule has 4 rings (SSSR count). The Bertz CT molecular complexity index is 1160. The van der Waals surface area contributed by atoms with Crippen LogP contribution in [0.15, 0.2) is 60.8 Å². The lowest BCUT2D eigenvalue weighted by Crippen LogP contribution is -2.36. The van der Waals surface area contributed by atoms with E-state index in [0.717, 1.165) is 43.2 Å². The Kier molecular flexibility index (Phi) is 7.24. The number of carbonyl (C=O) groups is 2. The Morgan fingerprint density at radius 2 is 1.82 bits per heavy atom. The van der Waals surface area contributed by atoms with Gasteiger partial charge in [-0.05, 0) is 42.0 Å². The highest BCUT2D eigenvalue weighted by molar-refractivity contribution is 5.98. The van der Waals surface area contributed by atoms with Gasteiger partial charge in [-0.1, -0.05) is 12.1 Å². The number of anilines is 5. The Hall–Kier alpha value is -4.11. The van der Waals surface area contributed by atoms with Gasteiger partial charge in [-0.15, -0.1) is 0 Å². The highest BCUT2D eigenvalue weighted by atomic mass is 16.5. The second-order valence-corrected chi connectivity index (χ2v) is 7.99. The minimum atomic E-state index is -0.566. The summed E-state index contributed by atoms with van der Waals surface area (Å²) in [6, 6.07) is 17.3. The zero-order valence-electron chi connectivity index (χ0n) is 19.0. The van der Waals surface area contributed by atoms with Crippen LogP contribution in [0.5, 0.6) is 0 Å². The van der Waals surface area contributed by atoms with E-state index in [1.165, 1.54) is 13.1 Å². The van der Waals surface area contributed by atoms with Crippen LogP contribution < -0.4 is 26.6 Å². The topological polar surface area (TPSA) is 122 Å². The van der Waals surface area contributed by atoms with E-state index in [1.807, 2.05) is 36.4 Å². The molecule has 0 unspecified atom stereocenters. The number of rotatable bonds is 8. The number of ether oxygens (including phenoxy) is 1. The van der Waals surface area contributed by atoms with Crippen molar-refractivity contribution < 1.29 is 14.3 Å². The standard InChI is InChI=1S/C25H28N6O3/c1-17(32)29-20-4-2-3-18(13-20)15-27-23-14-24(28-16-22(23)25(26)33)30-19-5-7-21(8-6-19)31-9-11-34-12-10-31/h2-8,13-14,16H,9-12,15H2,1H3,(H2,26,33)(H,29,32)(H2,27,28,30). The van der Waals surface area contributed by atoms with Crippen molar-refractivity contribution >= 4 is 40.4 Å². The van der Waals surface area contributed by atoms with Crippen LogP contribution in [0.25, 0.3) is 0 Å². The summed E-state index contributed by atoms with van der Waals surface area (Å²) >= 11 is 0. The van der Waals surface area contributed by atoms with Crippen LogP contribution in [-0.4, -0.2) is 43.1 Å². The molecule has 1 aliphatic heterocycles. The number of aromatic nitrogens is 1. The SMILES string of the molecule is CC(=O)Nc1cccc(CNc2cc(Nc3ccc(N4CCOCC4)cc3)ncc2C(N)=O)c1. The van der Waals surface area contributed by atoms with Gasteiger partial charge in [-0.2, -0.15) is 0 Å². The monoisotopic (exact) mass is 460 g/mol. The molecule has 0 spiro atoms. The molecule has 5 N–H and O–H groups in total. The highest BCUT2D eigenvalue weighted by Crippen LogP contribution is 2.25. The number of pyridine rings is 1. The maximum atomic E-state index is 11.9. The molecule has 2 aromatic carbocycles. The molecular formula is C25H28N6O3. The van der Waals surface area contributed by atoms with Crippen LogP contribution in [0.2, 0.25) is 0 Å². The fourth-order valence-corrected chi connectivity index (χ4v) is 3.75. The van der Waals surface area contributed by atoms with Crippen molar-refractivity contribution in [2.75, 3.05) is 47.2 Å². The molecule has 0 saturated carbocycles. The lowest BCUT2D eigenvalue weighted by molar-refractivity contribution is -0.114. The predicted octanol–water partition coefficient (Wildman–Crippen LogP) is 3.33. The number of hydrogen-bond donors (Lipinski definition) is 4. The number of amides is 2. The van der Waals surface area contributed by atoms with Gasteiger partial charge in [0.25, 0.3) is 5.91 Å². The summed E-state index contributed by atoms with van der Waals surface area (Å²) in [6.07, 6.45) is 1.46. The maximum absolute atomic E-state index is 11.9. The van der Waals surface area contributed by atoms with Crippen molar-refractivity contribution in [1.82, 2.24) is 4.98 Å². The third-order valence-electron chi connectivity index (χ3n) is 5.42. The van der Waals surface area contributed by atoms with Gasteiger partial charge in [0.15, 0.2) is 0 Å². The molecule has 34 heavy (non-hydrogen) atoms. The van der Waals surface area contributed by atoms with Crippen molar-refractivity contribution in [2.24, 2.45) is 5.73 Å². The molecule has 1 aliphatic rings. The average Bonchev–Trinajstić information content (AvgIpc) is 2.83. The van der Waals surface area contributed by atoms with E-state index in [4.69, 9.17) is 10.5 Å². The molecule has 9 nitrogen and oxygen atoms in total. The van der Waals surface area contributed by atoms with E-state index in [2.05, 4.69) is 38.0 Å². The first-order valence-corrected chi connectivity index (χ1v) is 11.1. The molecule has 0 atom stereocenters. The van der Waals surface area contributed by atoms with Gasteiger partial charge in [0.2, 0.25) is 5.91 Å². The quantitative estimate of drug-likeness (QED) is 0.407. The molecule has 1 fully saturated rings. The Labute approximate surface area is 198 Å². The van der Waals surface area contributed by atoms with Crippen molar-refractivity contribution in [2.45, 2.75) is 13.5 Å². The summed E-state index contributed by atoms with van der Waals surface area (Å²) in [6.45, 7) is 5.14. The van der Waals surface area contributed by atoms with Crippen LogP contribution in [-0.2, 0) is 16.1 Å². The zero-order valence-corrected chi connectivity index (χ0v) is 19.0. The number of nitrogens with zero attached hydrogens (tertiary/aromatic N) is 2. The third kappa shape index (κ3) is 6.02. The van der Waals surface area contributed by atoms with Gasteiger partial charge in [0.1, 0.15) is 5.82 Å². The van der Waals surface area contributed by atoms with Gasteiger partial charge in [-0.3, -0.25) is 9.59 Å². The first-order chi connectivity index (χ1) is 16.5. The molecule has 176 valence electrons. The van der Waals surface area contributed by atoms with Crippen molar-refractivity contribution in [3.63, 3.8) is 0 Å². The van der Waals surface area contributed by atoms with Crippen LogP contribution in [0.1, 0.15) is 22.8 Å². The van der Waals surface area contributed by atoms with Crippen molar-refractivity contribution in [3.8, 4) is 0 Å². The van der Waals surface area contributed by atoms with Crippen LogP contribution in [0.3, 0.4) is 0 Å². The third-order valence-corrected chi connectivity index (χ3v) is 5.42. The molecule has 9 heteroatoms. The van der Waals surface area contributed by atoms with Gasteiger partial charge < -0.3 is 31.3 Å². The molecule has 3 aromatic rings.